The van der Waals surface area contributed by atoms with E-state index in [4.69, 9.17) is 9.47 Å². The maximum atomic E-state index is 13.1. The van der Waals surface area contributed by atoms with Crippen LogP contribution in [0.15, 0.2) is 60.7 Å². The van der Waals surface area contributed by atoms with Crippen LogP contribution in [0, 0.1) is 0 Å². The molecule has 0 spiro atoms. The van der Waals surface area contributed by atoms with Gasteiger partial charge in [-0.3, -0.25) is 4.90 Å². The predicted octanol–water partition coefficient (Wildman–Crippen LogP) is 5.56. The second kappa shape index (κ2) is 11.2. The van der Waals surface area contributed by atoms with E-state index in [-0.39, 0.29) is 12.1 Å². The van der Waals surface area contributed by atoms with Crippen LogP contribution in [0.2, 0.25) is 0 Å². The fourth-order valence-electron chi connectivity index (χ4n) is 4.00. The third-order valence-electron chi connectivity index (χ3n) is 5.63. The van der Waals surface area contributed by atoms with Crippen LogP contribution in [0.4, 0.5) is 4.79 Å². The van der Waals surface area contributed by atoms with Gasteiger partial charge >= 0.3 is 12.1 Å². The number of hydrogen-bond donors (Lipinski definition) is 0. The van der Waals surface area contributed by atoms with Crippen LogP contribution in [0.25, 0.3) is 0 Å². The van der Waals surface area contributed by atoms with Crippen LogP contribution in [0.1, 0.15) is 57.6 Å². The molecule has 1 aliphatic rings. The molecule has 5 nitrogen and oxygen atoms in total. The van der Waals surface area contributed by atoms with Gasteiger partial charge < -0.3 is 9.47 Å². The van der Waals surface area contributed by atoms with E-state index in [1.165, 1.54) is 16.0 Å². The average Bonchev–Trinajstić information content (AvgIpc) is 3.26. The first-order chi connectivity index (χ1) is 15.3. The summed E-state index contributed by atoms with van der Waals surface area (Å²) in [6, 6.07) is 19.9. The molecule has 3 rings (SSSR count). The van der Waals surface area contributed by atoms with E-state index in [1.807, 2.05) is 57.2 Å². The monoisotopic (exact) mass is 437 g/mol. The van der Waals surface area contributed by atoms with E-state index in [9.17, 15) is 9.59 Å². The van der Waals surface area contributed by atoms with E-state index in [0.717, 1.165) is 32.1 Å². The number of carbonyl (C=O) groups excluding carboxylic acids is 2. The molecule has 5 heteroatoms. The first-order valence-corrected chi connectivity index (χ1v) is 11.6. The Labute approximate surface area is 191 Å². The molecule has 172 valence electrons. The maximum Gasteiger partial charge on any atom is 0.411 e. The molecule has 0 N–H and O–H groups in total. The molecular weight excluding hydrogens is 402 g/mol. The molecule has 0 saturated carbocycles. The highest BCUT2D eigenvalue weighted by Gasteiger charge is 2.38. The fraction of sp³-hybridized carbons (Fsp3) is 0.481. The molecule has 1 fully saturated rings. The van der Waals surface area contributed by atoms with Crippen molar-refractivity contribution in [1.82, 2.24) is 4.90 Å². The lowest BCUT2D eigenvalue weighted by Crippen LogP contribution is -2.44. The summed E-state index contributed by atoms with van der Waals surface area (Å²) in [7, 11) is 0. The summed E-state index contributed by atoms with van der Waals surface area (Å²) in [6.45, 7) is 6.01. The molecule has 1 saturated heterocycles. The molecule has 1 amide bonds. The van der Waals surface area contributed by atoms with Gasteiger partial charge in [0.25, 0.3) is 0 Å². The van der Waals surface area contributed by atoms with Gasteiger partial charge in [-0.05, 0) is 70.4 Å². The highest BCUT2D eigenvalue weighted by molar-refractivity contribution is 5.82. The van der Waals surface area contributed by atoms with Gasteiger partial charge in [0.1, 0.15) is 17.7 Å². The zero-order chi connectivity index (χ0) is 23.0. The number of hydrogen-bond acceptors (Lipinski definition) is 4. The number of amides is 1. The van der Waals surface area contributed by atoms with E-state index >= 15 is 0 Å². The van der Waals surface area contributed by atoms with Crippen LogP contribution >= 0.6 is 0 Å². The molecule has 2 aromatic rings. The van der Waals surface area contributed by atoms with Gasteiger partial charge in [0, 0.05) is 6.54 Å². The van der Waals surface area contributed by atoms with Gasteiger partial charge in [-0.25, -0.2) is 9.59 Å². The van der Waals surface area contributed by atoms with Crippen molar-refractivity contribution in [3.8, 4) is 0 Å². The summed E-state index contributed by atoms with van der Waals surface area (Å²) >= 11 is 0. The second-order valence-electron chi connectivity index (χ2n) is 9.44. The van der Waals surface area contributed by atoms with E-state index < -0.39 is 17.7 Å². The Kier molecular flexibility index (Phi) is 8.32. The normalized spacial score (nSPS) is 16.2. The Bertz CT molecular complexity index is 817. The van der Waals surface area contributed by atoms with Crippen LogP contribution in [0.5, 0.6) is 0 Å². The first-order valence-electron chi connectivity index (χ1n) is 11.6. The highest BCUT2D eigenvalue weighted by Crippen LogP contribution is 2.24. The predicted molar refractivity (Wildman–Crippen MR) is 125 cm³/mol. The zero-order valence-corrected chi connectivity index (χ0v) is 19.5. The lowest BCUT2D eigenvalue weighted by Gasteiger charge is -2.28. The van der Waals surface area contributed by atoms with Crippen molar-refractivity contribution in [3.63, 3.8) is 0 Å². The number of carbonyl (C=O) groups is 2. The Hall–Kier alpha value is -2.82. The van der Waals surface area contributed by atoms with Gasteiger partial charge in [0.05, 0.1) is 0 Å². The van der Waals surface area contributed by atoms with Crippen molar-refractivity contribution in [1.29, 1.82) is 0 Å². The van der Waals surface area contributed by atoms with Gasteiger partial charge in [-0.15, -0.1) is 0 Å². The topological polar surface area (TPSA) is 55.8 Å². The average molecular weight is 438 g/mol. The van der Waals surface area contributed by atoms with Gasteiger partial charge in [-0.1, -0.05) is 60.7 Å². The summed E-state index contributed by atoms with van der Waals surface area (Å²) in [5, 5.41) is 0. The summed E-state index contributed by atoms with van der Waals surface area (Å²) in [4.78, 5) is 27.2. The summed E-state index contributed by atoms with van der Waals surface area (Å²) in [5.74, 6) is -0.320. The van der Waals surface area contributed by atoms with Crippen LogP contribution in [0.3, 0.4) is 0 Å². The van der Waals surface area contributed by atoms with Crippen molar-refractivity contribution in [3.05, 3.63) is 71.8 Å². The molecule has 1 atom stereocenters. The minimum absolute atomic E-state index is 0.205. The number of nitrogens with zero attached hydrogens (tertiary/aromatic N) is 1. The number of rotatable bonds is 8. The van der Waals surface area contributed by atoms with E-state index in [2.05, 4.69) is 24.3 Å². The third kappa shape index (κ3) is 7.40. The number of esters is 1. The lowest BCUT2D eigenvalue weighted by atomic mass is 10.0. The molecule has 0 radical (unpaired) electrons. The largest absolute Gasteiger partial charge is 0.461 e. The van der Waals surface area contributed by atoms with E-state index in [0.29, 0.717) is 13.0 Å². The SMILES string of the molecule is CC(C)(C)OC(=O)N1CCCC1C(=O)OC(CCc1ccccc1)CCc1ccccc1. The van der Waals surface area contributed by atoms with Crippen molar-refractivity contribution in [2.75, 3.05) is 6.54 Å². The molecule has 0 aromatic heterocycles. The lowest BCUT2D eigenvalue weighted by molar-refractivity contribution is -0.155. The van der Waals surface area contributed by atoms with Crippen molar-refractivity contribution in [2.45, 2.75) is 77.0 Å². The maximum absolute atomic E-state index is 13.1. The first kappa shape index (κ1) is 23.8. The Balaban J connectivity index is 1.63. The quantitative estimate of drug-likeness (QED) is 0.507. The van der Waals surface area contributed by atoms with Gasteiger partial charge in [-0.2, -0.15) is 0 Å². The van der Waals surface area contributed by atoms with Gasteiger partial charge in [0.2, 0.25) is 0 Å². The third-order valence-corrected chi connectivity index (χ3v) is 5.63. The number of aryl methyl sites for hydroxylation is 2. The molecular formula is C27H35NO4. The molecule has 2 aromatic carbocycles. The standard InChI is InChI=1S/C27H35NO4/c1-27(2,3)32-26(30)28-20-10-15-24(28)25(29)31-23(18-16-21-11-6-4-7-12-21)19-17-22-13-8-5-9-14-22/h4-9,11-14,23-24H,10,15-20H2,1-3H3. The van der Waals surface area contributed by atoms with Crippen LogP contribution < -0.4 is 0 Å². The summed E-state index contributed by atoms with van der Waals surface area (Å²) in [6.07, 6.45) is 3.93. The number of ether oxygens (including phenoxy) is 2. The summed E-state index contributed by atoms with van der Waals surface area (Å²) in [5.41, 5.74) is 1.86. The van der Waals surface area contributed by atoms with Crippen molar-refractivity contribution in [2.24, 2.45) is 0 Å². The fourth-order valence-corrected chi connectivity index (χ4v) is 4.00. The minimum atomic E-state index is -0.595. The zero-order valence-electron chi connectivity index (χ0n) is 19.5. The molecule has 0 aliphatic carbocycles. The van der Waals surface area contributed by atoms with Gasteiger partial charge in [0.15, 0.2) is 0 Å². The van der Waals surface area contributed by atoms with E-state index in [1.54, 1.807) is 0 Å². The number of likely N-dealkylation sites (tertiary alicyclic amines) is 1. The van der Waals surface area contributed by atoms with Crippen LogP contribution in [-0.2, 0) is 27.1 Å². The second-order valence-corrected chi connectivity index (χ2v) is 9.44. The molecule has 0 bridgehead atoms. The molecule has 1 unspecified atom stereocenters. The smallest absolute Gasteiger partial charge is 0.411 e. The Morgan fingerprint density at radius 3 is 1.97 bits per heavy atom. The summed E-state index contributed by atoms with van der Waals surface area (Å²) < 4.78 is 11.5. The highest BCUT2D eigenvalue weighted by atomic mass is 16.6. The molecule has 1 heterocycles. The van der Waals surface area contributed by atoms with Crippen molar-refractivity contribution < 1.29 is 19.1 Å². The minimum Gasteiger partial charge on any atom is -0.461 e. The number of benzene rings is 2. The van der Waals surface area contributed by atoms with Crippen LogP contribution in [-0.4, -0.2) is 41.3 Å². The Morgan fingerprint density at radius 1 is 0.938 bits per heavy atom. The van der Waals surface area contributed by atoms with Crippen molar-refractivity contribution >= 4 is 12.1 Å². The Morgan fingerprint density at radius 2 is 1.47 bits per heavy atom. The molecule has 32 heavy (non-hydrogen) atoms. The molecule has 1 aliphatic heterocycles.